The molecule has 5 rings (SSSR count). The molecule has 20 heavy (non-hydrogen) atoms. The van der Waals surface area contributed by atoms with E-state index < -0.39 is 0 Å². The number of nitrogens with zero attached hydrogens (tertiary/aromatic N) is 1. The van der Waals surface area contributed by atoms with Gasteiger partial charge >= 0.3 is 0 Å². The number of hydrogen-bond acceptors (Lipinski definition) is 3. The maximum atomic E-state index is 12.1. The maximum absolute atomic E-state index is 12.1. The lowest BCUT2D eigenvalue weighted by Gasteiger charge is -2.54. The minimum absolute atomic E-state index is 0.0225. The van der Waals surface area contributed by atoms with E-state index in [1.165, 1.54) is 32.1 Å². The fraction of sp³-hybridized carbons (Fsp3) is 0.750. The first-order valence-corrected chi connectivity index (χ1v) is 8.02. The molecule has 1 aromatic heterocycles. The van der Waals surface area contributed by atoms with Gasteiger partial charge in [-0.15, -0.1) is 0 Å². The van der Waals surface area contributed by atoms with Gasteiger partial charge in [0.05, 0.1) is 0 Å². The molecule has 0 saturated heterocycles. The number of H-pyrrole nitrogens is 1. The summed E-state index contributed by atoms with van der Waals surface area (Å²) >= 11 is 0. The zero-order valence-electron chi connectivity index (χ0n) is 11.8. The van der Waals surface area contributed by atoms with Crippen LogP contribution in [0.15, 0.2) is 11.0 Å². The Labute approximate surface area is 119 Å². The summed E-state index contributed by atoms with van der Waals surface area (Å²) in [6.45, 7) is 0.502. The maximum Gasteiger partial charge on any atom is 0.254 e. The van der Waals surface area contributed by atoms with Gasteiger partial charge in [0.25, 0.3) is 5.56 Å². The molecule has 1 aromatic rings. The second-order valence-electron chi connectivity index (χ2n) is 7.12. The molecule has 0 aromatic carbocycles. The average molecular weight is 273 g/mol. The minimum atomic E-state index is 0.0225. The van der Waals surface area contributed by atoms with Crippen LogP contribution in [0.25, 0.3) is 0 Å². The van der Waals surface area contributed by atoms with Crippen molar-refractivity contribution in [1.29, 1.82) is 0 Å². The van der Waals surface area contributed by atoms with Crippen molar-refractivity contribution < 1.29 is 0 Å². The molecule has 1 heterocycles. The Kier molecular flexibility index (Phi) is 2.95. The summed E-state index contributed by atoms with van der Waals surface area (Å²) in [5.41, 5.74) is 6.27. The van der Waals surface area contributed by atoms with E-state index in [1.807, 2.05) is 0 Å². The Bertz CT molecular complexity index is 537. The van der Waals surface area contributed by atoms with E-state index >= 15 is 0 Å². The van der Waals surface area contributed by atoms with Crippen molar-refractivity contribution in [3.05, 3.63) is 27.9 Å². The van der Waals surface area contributed by atoms with Gasteiger partial charge in [-0.3, -0.25) is 4.79 Å². The highest BCUT2D eigenvalue weighted by Crippen LogP contribution is 2.59. The molecule has 0 atom stereocenters. The molecule has 4 saturated carbocycles. The number of hydrogen-bond donors (Lipinski definition) is 2. The summed E-state index contributed by atoms with van der Waals surface area (Å²) in [6, 6.07) is 0. The molecule has 4 nitrogen and oxygen atoms in total. The van der Waals surface area contributed by atoms with Crippen LogP contribution in [-0.4, -0.2) is 16.5 Å². The average Bonchev–Trinajstić information content (AvgIpc) is 2.40. The Morgan fingerprint density at radius 2 is 1.80 bits per heavy atom. The molecule has 108 valence electrons. The zero-order chi connectivity index (χ0) is 13.7. The number of aromatic nitrogens is 2. The minimum Gasteiger partial charge on any atom is -0.330 e. The van der Waals surface area contributed by atoms with Crippen molar-refractivity contribution >= 4 is 0 Å². The molecule has 0 amide bonds. The largest absolute Gasteiger partial charge is 0.330 e. The lowest BCUT2D eigenvalue weighted by atomic mass is 9.51. The van der Waals surface area contributed by atoms with Crippen molar-refractivity contribution in [3.63, 3.8) is 0 Å². The molecule has 4 heteroatoms. The van der Waals surface area contributed by atoms with E-state index in [9.17, 15) is 4.79 Å². The Balaban J connectivity index is 1.64. The van der Waals surface area contributed by atoms with Crippen LogP contribution in [0.5, 0.6) is 0 Å². The SMILES string of the molecule is NCCc1cnc(C2C3CC4CC(C3)CC2C4)[nH]c1=O. The van der Waals surface area contributed by atoms with Crippen molar-refractivity contribution in [2.45, 2.75) is 44.4 Å². The van der Waals surface area contributed by atoms with Crippen LogP contribution in [0.1, 0.15) is 49.4 Å². The molecule has 0 spiro atoms. The highest BCUT2D eigenvalue weighted by molar-refractivity contribution is 5.14. The van der Waals surface area contributed by atoms with E-state index in [0.717, 1.165) is 35.1 Å². The van der Waals surface area contributed by atoms with E-state index in [0.29, 0.717) is 18.9 Å². The number of aromatic amines is 1. The molecule has 3 N–H and O–H groups in total. The standard InChI is InChI=1S/C16H23N3O/c17-2-1-11-8-18-15(19-16(11)20)14-12-4-9-3-10(6-12)7-13(14)5-9/h8-10,12-14H,1-7,17H2,(H,18,19,20). The van der Waals surface area contributed by atoms with Crippen LogP contribution in [0.2, 0.25) is 0 Å². The van der Waals surface area contributed by atoms with E-state index in [1.54, 1.807) is 6.20 Å². The number of nitrogens with two attached hydrogens (primary N) is 1. The summed E-state index contributed by atoms with van der Waals surface area (Å²) in [5.74, 6) is 4.88. The van der Waals surface area contributed by atoms with Crippen LogP contribution in [-0.2, 0) is 6.42 Å². The Morgan fingerprint density at radius 1 is 1.15 bits per heavy atom. The van der Waals surface area contributed by atoms with Gasteiger partial charge in [0.1, 0.15) is 5.82 Å². The van der Waals surface area contributed by atoms with Crippen LogP contribution >= 0.6 is 0 Å². The molecular formula is C16H23N3O. The molecule has 4 aliphatic carbocycles. The van der Waals surface area contributed by atoms with Crippen LogP contribution in [0.4, 0.5) is 0 Å². The highest BCUT2D eigenvalue weighted by Gasteiger charge is 2.49. The molecule has 4 aliphatic rings. The normalized spacial score (nSPS) is 38.4. The number of nitrogens with one attached hydrogen (secondary N) is 1. The predicted octanol–water partition coefficient (Wildman–Crippen LogP) is 1.81. The zero-order valence-corrected chi connectivity index (χ0v) is 11.8. The lowest BCUT2D eigenvalue weighted by molar-refractivity contribution is -0.00574. The van der Waals surface area contributed by atoms with Gasteiger partial charge in [-0.05, 0) is 68.7 Å². The fourth-order valence-electron chi connectivity index (χ4n) is 5.31. The Hall–Kier alpha value is -1.16. The fourth-order valence-corrected chi connectivity index (χ4v) is 5.31. The second-order valence-corrected chi connectivity index (χ2v) is 7.12. The van der Waals surface area contributed by atoms with Gasteiger partial charge in [-0.2, -0.15) is 0 Å². The molecule has 4 bridgehead atoms. The van der Waals surface area contributed by atoms with Gasteiger partial charge in [0.2, 0.25) is 0 Å². The van der Waals surface area contributed by atoms with E-state index in [2.05, 4.69) is 9.97 Å². The first-order valence-electron chi connectivity index (χ1n) is 8.02. The van der Waals surface area contributed by atoms with E-state index in [4.69, 9.17) is 5.73 Å². The van der Waals surface area contributed by atoms with Crippen molar-refractivity contribution in [2.75, 3.05) is 6.54 Å². The third-order valence-corrected chi connectivity index (χ3v) is 5.85. The molecule has 4 fully saturated rings. The quantitative estimate of drug-likeness (QED) is 0.882. The third kappa shape index (κ3) is 1.93. The molecule has 0 aliphatic heterocycles. The highest BCUT2D eigenvalue weighted by atomic mass is 16.1. The number of rotatable bonds is 3. The van der Waals surface area contributed by atoms with Crippen molar-refractivity contribution in [1.82, 2.24) is 9.97 Å². The van der Waals surface area contributed by atoms with Gasteiger partial charge in [-0.1, -0.05) is 0 Å². The van der Waals surface area contributed by atoms with Gasteiger partial charge in [0.15, 0.2) is 0 Å². The predicted molar refractivity (Wildman–Crippen MR) is 77.4 cm³/mol. The van der Waals surface area contributed by atoms with Gasteiger partial charge < -0.3 is 10.7 Å². The lowest BCUT2D eigenvalue weighted by Crippen LogP contribution is -2.44. The second kappa shape index (κ2) is 4.69. The van der Waals surface area contributed by atoms with Crippen LogP contribution in [0, 0.1) is 23.7 Å². The topological polar surface area (TPSA) is 71.8 Å². The monoisotopic (exact) mass is 273 g/mol. The van der Waals surface area contributed by atoms with E-state index in [-0.39, 0.29) is 5.56 Å². The first-order chi connectivity index (χ1) is 9.74. The van der Waals surface area contributed by atoms with Crippen LogP contribution < -0.4 is 11.3 Å². The summed E-state index contributed by atoms with van der Waals surface area (Å²) in [6.07, 6.45) is 9.24. The summed E-state index contributed by atoms with van der Waals surface area (Å²) in [5, 5.41) is 0. The van der Waals surface area contributed by atoms with Crippen molar-refractivity contribution in [3.8, 4) is 0 Å². The van der Waals surface area contributed by atoms with Gasteiger partial charge in [0, 0.05) is 17.7 Å². The van der Waals surface area contributed by atoms with Crippen molar-refractivity contribution in [2.24, 2.45) is 29.4 Å². The summed E-state index contributed by atoms with van der Waals surface area (Å²) in [4.78, 5) is 19.8. The first kappa shape index (κ1) is 12.6. The Morgan fingerprint density at radius 3 is 2.35 bits per heavy atom. The van der Waals surface area contributed by atoms with Crippen LogP contribution in [0.3, 0.4) is 0 Å². The summed E-state index contributed by atoms with van der Waals surface area (Å²) in [7, 11) is 0. The smallest absolute Gasteiger partial charge is 0.254 e. The molecule has 0 unspecified atom stereocenters. The molecule has 0 radical (unpaired) electrons. The third-order valence-electron chi connectivity index (χ3n) is 5.85. The molecular weight excluding hydrogens is 250 g/mol. The van der Waals surface area contributed by atoms with Gasteiger partial charge in [-0.25, -0.2) is 4.98 Å². The summed E-state index contributed by atoms with van der Waals surface area (Å²) < 4.78 is 0.